The molecule has 1 saturated heterocycles. The number of nitrogens with zero attached hydrogens (tertiary/aromatic N) is 3. The van der Waals surface area contributed by atoms with Crippen molar-refractivity contribution >= 4 is 17.4 Å². The number of carbonyl (C=O) groups excluding carboxylic acids is 1. The van der Waals surface area contributed by atoms with Crippen molar-refractivity contribution in [2.24, 2.45) is 17.4 Å². The molecule has 108 valence electrons. The minimum absolute atomic E-state index is 0.0883. The molecule has 20 heavy (non-hydrogen) atoms. The fraction of sp³-hybridized carbons (Fsp3) is 0.500. The van der Waals surface area contributed by atoms with Gasteiger partial charge in [0.25, 0.3) is 11.6 Å². The molecule has 1 aromatic heterocycles. The summed E-state index contributed by atoms with van der Waals surface area (Å²) in [7, 11) is 0. The van der Waals surface area contributed by atoms with Gasteiger partial charge >= 0.3 is 0 Å². The average Bonchev–Trinajstić information content (AvgIpc) is 2.46. The lowest BCUT2D eigenvalue weighted by Crippen LogP contribution is -2.37. The zero-order chi connectivity index (χ0) is 14.7. The molecule has 2 rings (SSSR count). The van der Waals surface area contributed by atoms with E-state index in [4.69, 9.17) is 11.5 Å². The molecule has 2 heterocycles. The van der Waals surface area contributed by atoms with Crippen molar-refractivity contribution in [3.05, 3.63) is 27.9 Å². The Bertz CT molecular complexity index is 526. The van der Waals surface area contributed by atoms with Gasteiger partial charge in [0.1, 0.15) is 12.0 Å². The number of anilines is 1. The molecular weight excluding hydrogens is 262 g/mol. The molecular formula is C12H17N5O3. The standard InChI is InChI=1S/C12H17N5O3/c13-6-8-1-3-16(4-2-8)12-10(11(14)18)5-9(7-15-12)17(19)20/h5,7-8H,1-4,6,13H2,(H2,14,18). The average molecular weight is 279 g/mol. The van der Waals surface area contributed by atoms with E-state index in [1.807, 2.05) is 4.90 Å². The van der Waals surface area contributed by atoms with E-state index in [1.54, 1.807) is 0 Å². The normalized spacial score (nSPS) is 16.1. The molecule has 0 unspecified atom stereocenters. The Kier molecular flexibility index (Phi) is 4.14. The number of piperidine rings is 1. The van der Waals surface area contributed by atoms with Crippen LogP contribution in [-0.4, -0.2) is 35.4 Å². The quantitative estimate of drug-likeness (QED) is 0.601. The van der Waals surface area contributed by atoms with Gasteiger partial charge in [-0.05, 0) is 25.3 Å². The maximum Gasteiger partial charge on any atom is 0.288 e. The number of primary amides is 1. The minimum atomic E-state index is -0.711. The number of amides is 1. The van der Waals surface area contributed by atoms with E-state index in [9.17, 15) is 14.9 Å². The van der Waals surface area contributed by atoms with E-state index in [2.05, 4.69) is 4.98 Å². The van der Waals surface area contributed by atoms with Crippen molar-refractivity contribution in [2.45, 2.75) is 12.8 Å². The lowest BCUT2D eigenvalue weighted by atomic mass is 9.97. The summed E-state index contributed by atoms with van der Waals surface area (Å²) in [4.78, 5) is 27.6. The van der Waals surface area contributed by atoms with Gasteiger partial charge in [-0.2, -0.15) is 0 Å². The van der Waals surface area contributed by atoms with Gasteiger partial charge in [0.2, 0.25) is 0 Å². The van der Waals surface area contributed by atoms with Crippen molar-refractivity contribution in [1.29, 1.82) is 0 Å². The van der Waals surface area contributed by atoms with Gasteiger partial charge in [-0.1, -0.05) is 0 Å². The summed E-state index contributed by atoms with van der Waals surface area (Å²) in [5.41, 5.74) is 10.8. The molecule has 0 radical (unpaired) electrons. The van der Waals surface area contributed by atoms with Crippen LogP contribution in [0.15, 0.2) is 12.3 Å². The summed E-state index contributed by atoms with van der Waals surface area (Å²) in [5.74, 6) is 0.178. The molecule has 1 aliphatic rings. The second-order valence-electron chi connectivity index (χ2n) is 4.85. The monoisotopic (exact) mass is 279 g/mol. The topological polar surface area (TPSA) is 128 Å². The minimum Gasteiger partial charge on any atom is -0.365 e. The molecule has 1 fully saturated rings. The van der Waals surface area contributed by atoms with Crippen LogP contribution >= 0.6 is 0 Å². The maximum absolute atomic E-state index is 11.5. The van der Waals surface area contributed by atoms with Crippen LogP contribution in [0.25, 0.3) is 0 Å². The Morgan fingerprint density at radius 1 is 1.50 bits per heavy atom. The fourth-order valence-corrected chi connectivity index (χ4v) is 2.36. The summed E-state index contributed by atoms with van der Waals surface area (Å²) in [5, 5.41) is 10.7. The van der Waals surface area contributed by atoms with E-state index in [0.717, 1.165) is 19.0 Å². The van der Waals surface area contributed by atoms with Crippen molar-refractivity contribution in [3.8, 4) is 0 Å². The van der Waals surface area contributed by atoms with Crippen LogP contribution in [0, 0.1) is 16.0 Å². The van der Waals surface area contributed by atoms with E-state index < -0.39 is 10.8 Å². The summed E-state index contributed by atoms with van der Waals surface area (Å²) < 4.78 is 0. The zero-order valence-corrected chi connectivity index (χ0v) is 11.0. The van der Waals surface area contributed by atoms with Crippen LogP contribution in [0.2, 0.25) is 0 Å². The highest BCUT2D eigenvalue weighted by atomic mass is 16.6. The van der Waals surface area contributed by atoms with Crippen LogP contribution in [-0.2, 0) is 0 Å². The first-order valence-electron chi connectivity index (χ1n) is 6.42. The van der Waals surface area contributed by atoms with Gasteiger partial charge in [-0.3, -0.25) is 14.9 Å². The Labute approximate surface area is 115 Å². The van der Waals surface area contributed by atoms with E-state index in [-0.39, 0.29) is 11.3 Å². The lowest BCUT2D eigenvalue weighted by Gasteiger charge is -2.32. The van der Waals surface area contributed by atoms with Gasteiger partial charge in [0, 0.05) is 19.2 Å². The summed E-state index contributed by atoms with van der Waals surface area (Å²) in [6, 6.07) is 1.18. The van der Waals surface area contributed by atoms with Crippen LogP contribution in [0.3, 0.4) is 0 Å². The summed E-state index contributed by atoms with van der Waals surface area (Å²) in [6.45, 7) is 2.07. The molecule has 0 aliphatic carbocycles. The number of nitro groups is 1. The predicted octanol–water partition coefficient (Wildman–Crippen LogP) is 0.264. The van der Waals surface area contributed by atoms with Crippen LogP contribution < -0.4 is 16.4 Å². The molecule has 1 amide bonds. The molecule has 0 aromatic carbocycles. The zero-order valence-electron chi connectivity index (χ0n) is 11.0. The van der Waals surface area contributed by atoms with Gasteiger partial charge in [-0.15, -0.1) is 0 Å². The number of rotatable bonds is 4. The third kappa shape index (κ3) is 2.85. The van der Waals surface area contributed by atoms with Crippen molar-refractivity contribution in [1.82, 2.24) is 4.98 Å². The van der Waals surface area contributed by atoms with Gasteiger partial charge in [0.05, 0.1) is 10.5 Å². The molecule has 0 saturated carbocycles. The van der Waals surface area contributed by atoms with Gasteiger partial charge in [-0.25, -0.2) is 4.98 Å². The Hall–Kier alpha value is -2.22. The molecule has 0 bridgehead atoms. The van der Waals surface area contributed by atoms with Gasteiger partial charge in [0.15, 0.2) is 0 Å². The molecule has 8 nitrogen and oxygen atoms in total. The van der Waals surface area contributed by atoms with Crippen molar-refractivity contribution in [2.75, 3.05) is 24.5 Å². The highest BCUT2D eigenvalue weighted by Gasteiger charge is 2.24. The van der Waals surface area contributed by atoms with E-state index in [0.29, 0.717) is 31.4 Å². The maximum atomic E-state index is 11.5. The number of pyridine rings is 1. The fourth-order valence-electron chi connectivity index (χ4n) is 2.36. The highest BCUT2D eigenvalue weighted by molar-refractivity contribution is 5.98. The number of nitrogens with two attached hydrogens (primary N) is 2. The van der Waals surface area contributed by atoms with Crippen molar-refractivity contribution in [3.63, 3.8) is 0 Å². The van der Waals surface area contributed by atoms with E-state index in [1.165, 1.54) is 6.07 Å². The molecule has 1 aliphatic heterocycles. The van der Waals surface area contributed by atoms with Crippen LogP contribution in [0.5, 0.6) is 0 Å². The third-order valence-corrected chi connectivity index (χ3v) is 3.58. The molecule has 1 aromatic rings. The van der Waals surface area contributed by atoms with Gasteiger partial charge < -0.3 is 16.4 Å². The lowest BCUT2D eigenvalue weighted by molar-refractivity contribution is -0.385. The first kappa shape index (κ1) is 14.2. The highest BCUT2D eigenvalue weighted by Crippen LogP contribution is 2.26. The molecule has 0 spiro atoms. The summed E-state index contributed by atoms with van der Waals surface area (Å²) in [6.07, 6.45) is 2.97. The molecule has 4 N–H and O–H groups in total. The van der Waals surface area contributed by atoms with Crippen molar-refractivity contribution < 1.29 is 9.72 Å². The Balaban J connectivity index is 2.27. The SMILES string of the molecule is NCC1CCN(c2ncc([N+](=O)[O-])cc2C(N)=O)CC1. The van der Waals surface area contributed by atoms with E-state index >= 15 is 0 Å². The third-order valence-electron chi connectivity index (χ3n) is 3.58. The second kappa shape index (κ2) is 5.83. The smallest absolute Gasteiger partial charge is 0.288 e. The first-order valence-corrected chi connectivity index (χ1v) is 6.42. The number of hydrogen-bond acceptors (Lipinski definition) is 6. The number of carbonyl (C=O) groups is 1. The largest absolute Gasteiger partial charge is 0.365 e. The summed E-state index contributed by atoms with van der Waals surface area (Å²) >= 11 is 0. The molecule has 8 heteroatoms. The number of aromatic nitrogens is 1. The van der Waals surface area contributed by atoms with Crippen LogP contribution in [0.1, 0.15) is 23.2 Å². The number of hydrogen-bond donors (Lipinski definition) is 2. The first-order chi connectivity index (χ1) is 9.52. The second-order valence-corrected chi connectivity index (χ2v) is 4.85. The molecule has 0 atom stereocenters. The Morgan fingerprint density at radius 3 is 2.65 bits per heavy atom. The predicted molar refractivity (Wildman–Crippen MR) is 73.4 cm³/mol. The van der Waals surface area contributed by atoms with Crippen LogP contribution in [0.4, 0.5) is 11.5 Å². The Morgan fingerprint density at radius 2 is 2.15 bits per heavy atom.